The minimum Gasteiger partial charge on any atom is -0.455 e. The highest BCUT2D eigenvalue weighted by Gasteiger charge is 2.30. The van der Waals surface area contributed by atoms with Crippen LogP contribution in [-0.2, 0) is 20.9 Å². The van der Waals surface area contributed by atoms with Crippen LogP contribution >= 0.6 is 11.3 Å². The highest BCUT2D eigenvalue weighted by Crippen LogP contribution is 2.21. The standard InChI is InChI=1S/C21H24N2O4S/c1-15-6-8-16(9-7-15)12-22-19(24)14-27-21(26)17-4-2-10-23(13-17)20(25)18-5-3-11-28-18/h3,5-9,11,17H,2,4,10,12-14H2,1H3,(H,22,24). The van der Waals surface area contributed by atoms with Crippen molar-refractivity contribution in [1.82, 2.24) is 10.2 Å². The van der Waals surface area contributed by atoms with Crippen LogP contribution in [0.1, 0.15) is 33.6 Å². The van der Waals surface area contributed by atoms with Gasteiger partial charge >= 0.3 is 5.97 Å². The number of hydrogen-bond acceptors (Lipinski definition) is 5. The number of nitrogens with zero attached hydrogens (tertiary/aromatic N) is 1. The molecule has 0 spiro atoms. The van der Waals surface area contributed by atoms with Crippen LogP contribution in [0.15, 0.2) is 41.8 Å². The van der Waals surface area contributed by atoms with E-state index in [1.165, 1.54) is 11.3 Å². The molecule has 1 aromatic heterocycles. The van der Waals surface area contributed by atoms with Crippen molar-refractivity contribution in [3.63, 3.8) is 0 Å². The van der Waals surface area contributed by atoms with Crippen LogP contribution in [0.2, 0.25) is 0 Å². The van der Waals surface area contributed by atoms with Gasteiger partial charge in [-0.15, -0.1) is 11.3 Å². The maximum Gasteiger partial charge on any atom is 0.311 e. The fourth-order valence-electron chi connectivity index (χ4n) is 3.12. The Hall–Kier alpha value is -2.67. The highest BCUT2D eigenvalue weighted by molar-refractivity contribution is 7.12. The predicted octanol–water partition coefficient (Wildman–Crippen LogP) is 2.77. The monoisotopic (exact) mass is 400 g/mol. The molecule has 0 bridgehead atoms. The van der Waals surface area contributed by atoms with Crippen molar-refractivity contribution < 1.29 is 19.1 Å². The molecular weight excluding hydrogens is 376 g/mol. The number of esters is 1. The fraction of sp³-hybridized carbons (Fsp3) is 0.381. The maximum atomic E-state index is 12.5. The first-order chi connectivity index (χ1) is 13.5. The second kappa shape index (κ2) is 9.50. The summed E-state index contributed by atoms with van der Waals surface area (Å²) in [5, 5.41) is 4.60. The van der Waals surface area contributed by atoms with E-state index in [-0.39, 0.29) is 24.3 Å². The quantitative estimate of drug-likeness (QED) is 0.757. The molecule has 28 heavy (non-hydrogen) atoms. The molecule has 6 nitrogen and oxygen atoms in total. The molecule has 2 aromatic rings. The molecule has 2 amide bonds. The van der Waals surface area contributed by atoms with Gasteiger partial charge in [-0.1, -0.05) is 35.9 Å². The van der Waals surface area contributed by atoms with E-state index < -0.39 is 5.97 Å². The molecule has 1 N–H and O–H groups in total. The number of rotatable bonds is 6. The SMILES string of the molecule is Cc1ccc(CNC(=O)COC(=O)C2CCCN(C(=O)c3cccs3)C2)cc1. The van der Waals surface area contributed by atoms with Gasteiger partial charge in [-0.3, -0.25) is 14.4 Å². The van der Waals surface area contributed by atoms with Crippen molar-refractivity contribution in [2.24, 2.45) is 5.92 Å². The van der Waals surface area contributed by atoms with Gasteiger partial charge in [-0.25, -0.2) is 0 Å². The Kier molecular flexibility index (Phi) is 6.81. The molecular formula is C21H24N2O4S. The van der Waals surface area contributed by atoms with Gasteiger partial charge in [-0.05, 0) is 36.8 Å². The van der Waals surface area contributed by atoms with Crippen molar-refractivity contribution in [2.45, 2.75) is 26.3 Å². The normalized spacial score (nSPS) is 16.5. The first kappa shape index (κ1) is 20.1. The Balaban J connectivity index is 1.43. The Morgan fingerprint density at radius 2 is 2.00 bits per heavy atom. The summed E-state index contributed by atoms with van der Waals surface area (Å²) in [6.07, 6.45) is 1.41. The van der Waals surface area contributed by atoms with Crippen LogP contribution < -0.4 is 5.32 Å². The number of thiophene rings is 1. The number of likely N-dealkylation sites (tertiary alicyclic amines) is 1. The Bertz CT molecular complexity index is 817. The number of carbonyl (C=O) groups excluding carboxylic acids is 3. The molecule has 3 rings (SSSR count). The number of amides is 2. The van der Waals surface area contributed by atoms with E-state index >= 15 is 0 Å². The van der Waals surface area contributed by atoms with Crippen molar-refractivity contribution in [3.05, 3.63) is 57.8 Å². The van der Waals surface area contributed by atoms with E-state index in [4.69, 9.17) is 4.74 Å². The summed E-state index contributed by atoms with van der Waals surface area (Å²) < 4.78 is 5.18. The van der Waals surface area contributed by atoms with Crippen LogP contribution in [0.3, 0.4) is 0 Å². The molecule has 1 fully saturated rings. The lowest BCUT2D eigenvalue weighted by Gasteiger charge is -2.31. The molecule has 2 heterocycles. The van der Waals surface area contributed by atoms with E-state index in [0.717, 1.165) is 17.5 Å². The van der Waals surface area contributed by atoms with Crippen molar-refractivity contribution in [2.75, 3.05) is 19.7 Å². The molecule has 1 atom stereocenters. The highest BCUT2D eigenvalue weighted by atomic mass is 32.1. The summed E-state index contributed by atoms with van der Waals surface area (Å²) >= 11 is 1.39. The molecule has 1 aliphatic heterocycles. The molecule has 0 saturated carbocycles. The van der Waals surface area contributed by atoms with E-state index in [0.29, 0.717) is 30.9 Å². The zero-order valence-corrected chi connectivity index (χ0v) is 16.7. The molecule has 1 aliphatic rings. The van der Waals surface area contributed by atoms with E-state index in [9.17, 15) is 14.4 Å². The van der Waals surface area contributed by atoms with Crippen LogP contribution in [0.25, 0.3) is 0 Å². The van der Waals surface area contributed by atoms with Gasteiger partial charge in [-0.2, -0.15) is 0 Å². The van der Waals surface area contributed by atoms with Gasteiger partial charge in [0.15, 0.2) is 6.61 Å². The molecule has 1 saturated heterocycles. The molecule has 1 unspecified atom stereocenters. The van der Waals surface area contributed by atoms with Gasteiger partial charge in [0, 0.05) is 19.6 Å². The molecule has 148 valence electrons. The molecule has 0 radical (unpaired) electrons. The van der Waals surface area contributed by atoms with Gasteiger partial charge in [0.05, 0.1) is 10.8 Å². The average Bonchev–Trinajstić information content (AvgIpc) is 3.26. The second-order valence-electron chi connectivity index (χ2n) is 6.94. The van der Waals surface area contributed by atoms with Crippen molar-refractivity contribution in [1.29, 1.82) is 0 Å². The molecule has 1 aromatic carbocycles. The van der Waals surface area contributed by atoms with Gasteiger partial charge in [0.25, 0.3) is 11.8 Å². The summed E-state index contributed by atoms with van der Waals surface area (Å²) in [5.41, 5.74) is 2.14. The number of aryl methyl sites for hydroxylation is 1. The summed E-state index contributed by atoms with van der Waals surface area (Å²) in [6, 6.07) is 11.5. The lowest BCUT2D eigenvalue weighted by Crippen LogP contribution is -2.43. The Labute approximate surface area is 168 Å². The lowest BCUT2D eigenvalue weighted by atomic mass is 9.98. The number of carbonyl (C=O) groups is 3. The first-order valence-electron chi connectivity index (χ1n) is 9.34. The largest absolute Gasteiger partial charge is 0.455 e. The zero-order valence-electron chi connectivity index (χ0n) is 15.8. The average molecular weight is 401 g/mol. The predicted molar refractivity (Wildman–Crippen MR) is 107 cm³/mol. The van der Waals surface area contributed by atoms with Crippen molar-refractivity contribution >= 4 is 29.1 Å². The lowest BCUT2D eigenvalue weighted by molar-refractivity contribution is -0.154. The number of benzene rings is 1. The van der Waals surface area contributed by atoms with Crippen LogP contribution in [0, 0.1) is 12.8 Å². The zero-order chi connectivity index (χ0) is 19.9. The van der Waals surface area contributed by atoms with Crippen LogP contribution in [-0.4, -0.2) is 42.4 Å². The number of piperidine rings is 1. The number of nitrogens with one attached hydrogen (secondary N) is 1. The van der Waals surface area contributed by atoms with Gasteiger partial charge in [0.1, 0.15) is 0 Å². The first-order valence-corrected chi connectivity index (χ1v) is 10.2. The Morgan fingerprint density at radius 1 is 1.21 bits per heavy atom. The van der Waals surface area contributed by atoms with Crippen LogP contribution in [0.4, 0.5) is 0 Å². The smallest absolute Gasteiger partial charge is 0.311 e. The maximum absolute atomic E-state index is 12.5. The Morgan fingerprint density at radius 3 is 2.71 bits per heavy atom. The topological polar surface area (TPSA) is 75.7 Å². The third-order valence-corrected chi connectivity index (χ3v) is 5.59. The minimum atomic E-state index is -0.422. The van der Waals surface area contributed by atoms with Gasteiger partial charge < -0.3 is 15.0 Å². The number of hydrogen-bond donors (Lipinski definition) is 1. The fourth-order valence-corrected chi connectivity index (χ4v) is 3.81. The minimum absolute atomic E-state index is 0.0525. The third kappa shape index (κ3) is 5.42. The second-order valence-corrected chi connectivity index (χ2v) is 7.89. The van der Waals surface area contributed by atoms with E-state index in [2.05, 4.69) is 5.32 Å². The van der Waals surface area contributed by atoms with Crippen LogP contribution in [0.5, 0.6) is 0 Å². The summed E-state index contributed by atoms with van der Waals surface area (Å²) in [7, 11) is 0. The van der Waals surface area contributed by atoms with E-state index in [1.807, 2.05) is 42.6 Å². The third-order valence-electron chi connectivity index (χ3n) is 4.73. The van der Waals surface area contributed by atoms with Crippen molar-refractivity contribution in [3.8, 4) is 0 Å². The number of ether oxygens (including phenoxy) is 1. The summed E-state index contributed by atoms with van der Waals surface area (Å²) in [5.74, 6) is -1.20. The van der Waals surface area contributed by atoms with Gasteiger partial charge in [0.2, 0.25) is 0 Å². The van der Waals surface area contributed by atoms with E-state index in [1.54, 1.807) is 11.0 Å². The molecule has 0 aliphatic carbocycles. The molecule has 7 heteroatoms. The summed E-state index contributed by atoms with van der Waals surface area (Å²) in [6.45, 7) is 3.06. The summed E-state index contributed by atoms with van der Waals surface area (Å²) in [4.78, 5) is 39.1.